The highest BCUT2D eigenvalue weighted by Gasteiger charge is 2.26. The highest BCUT2D eigenvalue weighted by atomic mass is 16.5. The first-order valence-corrected chi connectivity index (χ1v) is 9.34. The molecule has 0 aromatic rings. The highest BCUT2D eigenvalue weighted by Crippen LogP contribution is 2.38. The molecule has 1 fully saturated rings. The van der Waals surface area contributed by atoms with Crippen LogP contribution in [0.2, 0.25) is 0 Å². The number of carbonyl (C=O) groups is 1. The lowest BCUT2D eigenvalue weighted by molar-refractivity contribution is -0.140. The Bertz CT molecular complexity index is 262. The second kappa shape index (κ2) is 12.1. The standard InChI is InChI=1S/C19H36O2/c1-3-4-5-6-7-8-9-12-17-13-10-14-18(17)15-11-16-19(20)21-2/h17-18H,3-16H2,1-2H3. The molecule has 2 heteroatoms. The maximum Gasteiger partial charge on any atom is 0.305 e. The Morgan fingerprint density at radius 1 is 0.905 bits per heavy atom. The molecule has 2 nitrogen and oxygen atoms in total. The molecule has 0 radical (unpaired) electrons. The zero-order valence-corrected chi connectivity index (χ0v) is 14.4. The monoisotopic (exact) mass is 296 g/mol. The van der Waals surface area contributed by atoms with E-state index in [9.17, 15) is 4.79 Å². The molecule has 1 aliphatic carbocycles. The molecule has 0 saturated heterocycles. The van der Waals surface area contributed by atoms with Crippen LogP contribution < -0.4 is 0 Å². The highest BCUT2D eigenvalue weighted by molar-refractivity contribution is 5.68. The van der Waals surface area contributed by atoms with E-state index < -0.39 is 0 Å². The lowest BCUT2D eigenvalue weighted by Gasteiger charge is -2.19. The van der Waals surface area contributed by atoms with E-state index in [1.165, 1.54) is 84.2 Å². The van der Waals surface area contributed by atoms with Crippen LogP contribution in [0.25, 0.3) is 0 Å². The summed E-state index contributed by atoms with van der Waals surface area (Å²) in [5.41, 5.74) is 0. The third-order valence-electron chi connectivity index (χ3n) is 5.18. The van der Waals surface area contributed by atoms with Crippen molar-refractivity contribution in [2.24, 2.45) is 11.8 Å². The minimum Gasteiger partial charge on any atom is -0.469 e. The van der Waals surface area contributed by atoms with Crippen molar-refractivity contribution >= 4 is 5.97 Å². The van der Waals surface area contributed by atoms with Gasteiger partial charge >= 0.3 is 5.97 Å². The lowest BCUT2D eigenvalue weighted by atomic mass is 9.87. The van der Waals surface area contributed by atoms with Gasteiger partial charge < -0.3 is 4.74 Å². The number of rotatable bonds is 12. The smallest absolute Gasteiger partial charge is 0.305 e. The van der Waals surface area contributed by atoms with E-state index in [1.54, 1.807) is 0 Å². The van der Waals surface area contributed by atoms with E-state index in [4.69, 9.17) is 4.74 Å². The first kappa shape index (κ1) is 18.5. The first-order chi connectivity index (χ1) is 10.3. The van der Waals surface area contributed by atoms with Crippen LogP contribution in [0.4, 0.5) is 0 Å². The molecule has 2 unspecified atom stereocenters. The van der Waals surface area contributed by atoms with Gasteiger partial charge in [0.15, 0.2) is 0 Å². The predicted octanol–water partition coefficient (Wildman–Crippen LogP) is 5.89. The second-order valence-corrected chi connectivity index (χ2v) is 6.83. The van der Waals surface area contributed by atoms with Gasteiger partial charge in [-0.3, -0.25) is 4.79 Å². The molecule has 0 spiro atoms. The van der Waals surface area contributed by atoms with Gasteiger partial charge in [-0.15, -0.1) is 0 Å². The van der Waals surface area contributed by atoms with Crippen molar-refractivity contribution in [2.75, 3.05) is 7.11 Å². The molecule has 0 bridgehead atoms. The van der Waals surface area contributed by atoms with Crippen LogP contribution in [0.3, 0.4) is 0 Å². The first-order valence-electron chi connectivity index (χ1n) is 9.34. The Morgan fingerprint density at radius 3 is 2.10 bits per heavy atom. The van der Waals surface area contributed by atoms with Crippen molar-refractivity contribution in [3.8, 4) is 0 Å². The van der Waals surface area contributed by atoms with Crippen LogP contribution >= 0.6 is 0 Å². The summed E-state index contributed by atoms with van der Waals surface area (Å²) in [6, 6.07) is 0. The molecule has 21 heavy (non-hydrogen) atoms. The molecule has 0 amide bonds. The predicted molar refractivity (Wildman–Crippen MR) is 89.3 cm³/mol. The van der Waals surface area contributed by atoms with Crippen molar-refractivity contribution < 1.29 is 9.53 Å². The fraction of sp³-hybridized carbons (Fsp3) is 0.947. The Labute approximate surface area is 132 Å². The van der Waals surface area contributed by atoms with Crippen molar-refractivity contribution in [3.63, 3.8) is 0 Å². The summed E-state index contributed by atoms with van der Waals surface area (Å²) in [4.78, 5) is 11.2. The van der Waals surface area contributed by atoms with E-state index in [2.05, 4.69) is 6.92 Å². The largest absolute Gasteiger partial charge is 0.469 e. The Hall–Kier alpha value is -0.530. The molecule has 0 aromatic heterocycles. The Morgan fingerprint density at radius 2 is 1.48 bits per heavy atom. The van der Waals surface area contributed by atoms with Crippen molar-refractivity contribution in [2.45, 2.75) is 96.8 Å². The molecule has 1 saturated carbocycles. The average Bonchev–Trinajstić information content (AvgIpc) is 2.93. The number of ether oxygens (including phenoxy) is 1. The van der Waals surface area contributed by atoms with Gasteiger partial charge in [0, 0.05) is 6.42 Å². The normalized spacial score (nSPS) is 21.6. The van der Waals surface area contributed by atoms with Crippen LogP contribution in [0, 0.1) is 11.8 Å². The minimum absolute atomic E-state index is 0.0448. The average molecular weight is 296 g/mol. The molecule has 0 aliphatic heterocycles. The van der Waals surface area contributed by atoms with E-state index in [1.807, 2.05) is 0 Å². The van der Waals surface area contributed by atoms with E-state index >= 15 is 0 Å². The van der Waals surface area contributed by atoms with Gasteiger partial charge in [0.2, 0.25) is 0 Å². The van der Waals surface area contributed by atoms with E-state index in [0.29, 0.717) is 6.42 Å². The summed E-state index contributed by atoms with van der Waals surface area (Å²) in [5, 5.41) is 0. The lowest BCUT2D eigenvalue weighted by Crippen LogP contribution is -2.09. The summed E-state index contributed by atoms with van der Waals surface area (Å²) in [6.07, 6.45) is 18.4. The van der Waals surface area contributed by atoms with Crippen LogP contribution in [0.15, 0.2) is 0 Å². The van der Waals surface area contributed by atoms with Gasteiger partial charge in [0.1, 0.15) is 0 Å². The van der Waals surface area contributed by atoms with Gasteiger partial charge in [-0.1, -0.05) is 77.6 Å². The minimum atomic E-state index is -0.0448. The van der Waals surface area contributed by atoms with Crippen LogP contribution in [0.1, 0.15) is 96.8 Å². The summed E-state index contributed by atoms with van der Waals surface area (Å²) in [5.74, 6) is 1.78. The third-order valence-corrected chi connectivity index (χ3v) is 5.18. The van der Waals surface area contributed by atoms with Gasteiger partial charge in [-0.2, -0.15) is 0 Å². The molecular formula is C19H36O2. The van der Waals surface area contributed by atoms with Crippen LogP contribution in [-0.4, -0.2) is 13.1 Å². The number of carbonyl (C=O) groups excluding carboxylic acids is 1. The third kappa shape index (κ3) is 8.48. The second-order valence-electron chi connectivity index (χ2n) is 6.83. The maximum atomic E-state index is 11.2. The molecule has 1 aliphatic rings. The van der Waals surface area contributed by atoms with E-state index in [0.717, 1.165) is 18.3 Å². The van der Waals surface area contributed by atoms with Gasteiger partial charge in [-0.25, -0.2) is 0 Å². The molecule has 0 heterocycles. The number of esters is 1. The molecule has 124 valence electrons. The maximum absolute atomic E-state index is 11.2. The quantitative estimate of drug-likeness (QED) is 0.332. The molecule has 0 N–H and O–H groups in total. The SMILES string of the molecule is CCCCCCCCCC1CCCC1CCCC(=O)OC. The summed E-state index contributed by atoms with van der Waals surface area (Å²) >= 11 is 0. The Balaban J connectivity index is 2.03. The fourth-order valence-electron chi connectivity index (χ4n) is 3.85. The summed E-state index contributed by atoms with van der Waals surface area (Å²) in [7, 11) is 1.49. The molecule has 1 rings (SSSR count). The Kier molecular flexibility index (Phi) is 10.6. The van der Waals surface area contributed by atoms with Gasteiger partial charge in [-0.05, 0) is 24.7 Å². The number of unbranched alkanes of at least 4 members (excludes halogenated alkanes) is 6. The van der Waals surface area contributed by atoms with E-state index in [-0.39, 0.29) is 5.97 Å². The van der Waals surface area contributed by atoms with Gasteiger partial charge in [0.25, 0.3) is 0 Å². The van der Waals surface area contributed by atoms with Crippen LogP contribution in [0.5, 0.6) is 0 Å². The topological polar surface area (TPSA) is 26.3 Å². The summed E-state index contributed by atoms with van der Waals surface area (Å²) < 4.78 is 4.72. The fourth-order valence-corrected chi connectivity index (χ4v) is 3.85. The van der Waals surface area contributed by atoms with Crippen molar-refractivity contribution in [1.29, 1.82) is 0 Å². The number of methoxy groups -OCH3 is 1. The number of hydrogen-bond donors (Lipinski definition) is 0. The van der Waals surface area contributed by atoms with Crippen LogP contribution in [-0.2, 0) is 9.53 Å². The van der Waals surface area contributed by atoms with Gasteiger partial charge in [0.05, 0.1) is 7.11 Å². The molecule has 2 atom stereocenters. The zero-order valence-electron chi connectivity index (χ0n) is 14.4. The number of hydrogen-bond acceptors (Lipinski definition) is 2. The zero-order chi connectivity index (χ0) is 15.3. The summed E-state index contributed by atoms with van der Waals surface area (Å²) in [6.45, 7) is 2.28. The molecular weight excluding hydrogens is 260 g/mol. The molecule has 0 aromatic carbocycles. The van der Waals surface area contributed by atoms with Crippen molar-refractivity contribution in [3.05, 3.63) is 0 Å². The van der Waals surface area contributed by atoms with Crippen molar-refractivity contribution in [1.82, 2.24) is 0 Å².